The normalized spacial score (nSPS) is 13.0. The minimum Gasteiger partial charge on any atom is -0.357 e. The maximum atomic E-state index is 13.7. The third-order valence-corrected chi connectivity index (χ3v) is 4.54. The second kappa shape index (κ2) is 8.06. The molecule has 1 aromatic carbocycles. The zero-order valence-corrected chi connectivity index (χ0v) is 14.8. The molecule has 2 aromatic rings. The van der Waals surface area contributed by atoms with Crippen LogP contribution in [0.2, 0.25) is 0 Å². The molecule has 0 spiro atoms. The van der Waals surface area contributed by atoms with E-state index in [1.165, 1.54) is 0 Å². The van der Waals surface area contributed by atoms with Crippen LogP contribution in [0.5, 0.6) is 0 Å². The number of nitrogens with one attached hydrogen (secondary N) is 2. The molecule has 1 unspecified atom stereocenters. The number of hydrogen-bond donors (Lipinski definition) is 2. The maximum absolute atomic E-state index is 13.7. The van der Waals surface area contributed by atoms with Crippen molar-refractivity contribution in [1.82, 2.24) is 15.6 Å². The summed E-state index contributed by atoms with van der Waals surface area (Å²) >= 11 is 1.61. The van der Waals surface area contributed by atoms with Gasteiger partial charge in [0.1, 0.15) is 5.82 Å². The Labute approximate surface area is 140 Å². The van der Waals surface area contributed by atoms with Crippen LogP contribution in [-0.2, 0) is 6.54 Å². The van der Waals surface area contributed by atoms with Crippen molar-refractivity contribution < 1.29 is 4.39 Å². The maximum Gasteiger partial charge on any atom is 0.192 e. The summed E-state index contributed by atoms with van der Waals surface area (Å²) in [4.78, 5) is 9.98. The standard InChI is InChI=1S/C17H23FN4S/c1-5-19-17(20-9-16-13(4)21-10-23-16)22-12(3)14-7-6-11(2)15(18)8-14/h6-8,10,12H,5,9H2,1-4H3,(H2,19,20,22). The van der Waals surface area contributed by atoms with Crippen LogP contribution < -0.4 is 10.6 Å². The predicted octanol–water partition coefficient (Wildman–Crippen LogP) is 3.72. The summed E-state index contributed by atoms with van der Waals surface area (Å²) in [6.45, 7) is 9.11. The van der Waals surface area contributed by atoms with Crippen molar-refractivity contribution in [3.63, 3.8) is 0 Å². The molecule has 1 aromatic heterocycles. The minimum atomic E-state index is -0.182. The van der Waals surface area contributed by atoms with Crippen molar-refractivity contribution in [2.45, 2.75) is 40.3 Å². The van der Waals surface area contributed by atoms with Gasteiger partial charge in [-0.05, 0) is 44.9 Å². The van der Waals surface area contributed by atoms with Crippen molar-refractivity contribution in [1.29, 1.82) is 0 Å². The zero-order valence-electron chi connectivity index (χ0n) is 14.0. The number of aromatic nitrogens is 1. The number of benzene rings is 1. The molecule has 1 atom stereocenters. The third-order valence-electron chi connectivity index (χ3n) is 3.62. The summed E-state index contributed by atoms with van der Waals surface area (Å²) in [6.07, 6.45) is 0. The first-order valence-corrected chi connectivity index (χ1v) is 8.59. The van der Waals surface area contributed by atoms with Crippen LogP contribution in [0.1, 0.15) is 41.6 Å². The summed E-state index contributed by atoms with van der Waals surface area (Å²) in [5.74, 6) is 0.534. The van der Waals surface area contributed by atoms with Gasteiger partial charge in [0.25, 0.3) is 0 Å². The number of thiazole rings is 1. The molecule has 0 saturated heterocycles. The molecule has 0 bridgehead atoms. The fourth-order valence-corrected chi connectivity index (χ4v) is 2.82. The van der Waals surface area contributed by atoms with E-state index in [0.717, 1.165) is 22.7 Å². The minimum absolute atomic E-state index is 0.0366. The van der Waals surface area contributed by atoms with Crippen LogP contribution in [0, 0.1) is 19.7 Å². The summed E-state index contributed by atoms with van der Waals surface area (Å²) in [6, 6.07) is 5.27. The Morgan fingerprint density at radius 3 is 2.78 bits per heavy atom. The Balaban J connectivity index is 2.08. The lowest BCUT2D eigenvalue weighted by Crippen LogP contribution is -2.38. The number of nitrogens with zero attached hydrogens (tertiary/aromatic N) is 2. The average Bonchev–Trinajstić information content (AvgIpc) is 2.93. The lowest BCUT2D eigenvalue weighted by atomic mass is 10.1. The van der Waals surface area contributed by atoms with E-state index in [0.29, 0.717) is 18.1 Å². The lowest BCUT2D eigenvalue weighted by molar-refractivity contribution is 0.607. The SMILES string of the molecule is CCNC(=NCc1scnc1C)NC(C)c1ccc(C)c(F)c1. The number of rotatable bonds is 5. The van der Waals surface area contributed by atoms with E-state index in [9.17, 15) is 4.39 Å². The van der Waals surface area contributed by atoms with E-state index < -0.39 is 0 Å². The molecule has 0 amide bonds. The van der Waals surface area contributed by atoms with E-state index in [2.05, 4.69) is 20.6 Å². The molecule has 23 heavy (non-hydrogen) atoms. The lowest BCUT2D eigenvalue weighted by Gasteiger charge is -2.18. The third kappa shape index (κ3) is 4.76. The Hall–Kier alpha value is -1.95. The topological polar surface area (TPSA) is 49.3 Å². The number of aliphatic imine (C=N–C) groups is 1. The molecule has 4 nitrogen and oxygen atoms in total. The van der Waals surface area contributed by atoms with Crippen LogP contribution >= 0.6 is 11.3 Å². The molecular formula is C17H23FN4S. The number of halogens is 1. The average molecular weight is 334 g/mol. The molecule has 0 fully saturated rings. The van der Waals surface area contributed by atoms with Crippen LogP contribution in [0.25, 0.3) is 0 Å². The molecule has 0 radical (unpaired) electrons. The Bertz CT molecular complexity index is 681. The van der Waals surface area contributed by atoms with Gasteiger partial charge in [0.2, 0.25) is 0 Å². The van der Waals surface area contributed by atoms with Crippen LogP contribution in [-0.4, -0.2) is 17.5 Å². The van der Waals surface area contributed by atoms with Crippen molar-refractivity contribution in [2.24, 2.45) is 4.99 Å². The quantitative estimate of drug-likeness (QED) is 0.647. The van der Waals surface area contributed by atoms with Gasteiger partial charge in [-0.15, -0.1) is 11.3 Å². The summed E-state index contributed by atoms with van der Waals surface area (Å²) in [5.41, 5.74) is 4.40. The predicted molar refractivity (Wildman–Crippen MR) is 94.4 cm³/mol. The number of hydrogen-bond acceptors (Lipinski definition) is 3. The highest BCUT2D eigenvalue weighted by Gasteiger charge is 2.10. The molecule has 0 aliphatic heterocycles. The highest BCUT2D eigenvalue weighted by atomic mass is 32.1. The monoisotopic (exact) mass is 334 g/mol. The molecule has 124 valence electrons. The molecular weight excluding hydrogens is 311 g/mol. The van der Waals surface area contributed by atoms with Crippen molar-refractivity contribution >= 4 is 17.3 Å². The first-order valence-electron chi connectivity index (χ1n) is 7.71. The first kappa shape index (κ1) is 17.4. The van der Waals surface area contributed by atoms with Gasteiger partial charge >= 0.3 is 0 Å². The second-order valence-corrected chi connectivity index (χ2v) is 6.37. The van der Waals surface area contributed by atoms with E-state index in [1.807, 2.05) is 32.3 Å². The Morgan fingerprint density at radius 2 is 2.17 bits per heavy atom. The van der Waals surface area contributed by atoms with Crippen molar-refractivity contribution in [3.8, 4) is 0 Å². The largest absolute Gasteiger partial charge is 0.357 e. The van der Waals surface area contributed by atoms with E-state index in [1.54, 1.807) is 30.4 Å². The van der Waals surface area contributed by atoms with E-state index in [4.69, 9.17) is 0 Å². The number of aryl methyl sites for hydroxylation is 2. The molecule has 0 saturated carbocycles. The van der Waals surface area contributed by atoms with E-state index >= 15 is 0 Å². The van der Waals surface area contributed by atoms with Gasteiger partial charge in [-0.1, -0.05) is 12.1 Å². The highest BCUT2D eigenvalue weighted by Crippen LogP contribution is 2.17. The molecule has 2 rings (SSSR count). The van der Waals surface area contributed by atoms with E-state index in [-0.39, 0.29) is 11.9 Å². The van der Waals surface area contributed by atoms with Gasteiger partial charge in [-0.2, -0.15) is 0 Å². The first-order chi connectivity index (χ1) is 11.0. The molecule has 0 aliphatic rings. The van der Waals surface area contributed by atoms with Gasteiger partial charge in [0, 0.05) is 11.4 Å². The molecule has 6 heteroatoms. The Morgan fingerprint density at radius 1 is 1.39 bits per heavy atom. The molecule has 2 N–H and O–H groups in total. The second-order valence-electron chi connectivity index (χ2n) is 5.43. The van der Waals surface area contributed by atoms with Crippen LogP contribution in [0.3, 0.4) is 0 Å². The van der Waals surface area contributed by atoms with Gasteiger partial charge in [0.15, 0.2) is 5.96 Å². The van der Waals surface area contributed by atoms with Crippen LogP contribution in [0.15, 0.2) is 28.7 Å². The molecule has 0 aliphatic carbocycles. The van der Waals surface area contributed by atoms with Gasteiger partial charge < -0.3 is 10.6 Å². The Kier molecular flexibility index (Phi) is 6.10. The smallest absolute Gasteiger partial charge is 0.192 e. The van der Waals surface area contributed by atoms with Gasteiger partial charge in [-0.25, -0.2) is 14.4 Å². The van der Waals surface area contributed by atoms with Gasteiger partial charge in [0.05, 0.1) is 23.8 Å². The number of guanidine groups is 1. The van der Waals surface area contributed by atoms with Crippen LogP contribution in [0.4, 0.5) is 4.39 Å². The zero-order chi connectivity index (χ0) is 16.8. The fraction of sp³-hybridized carbons (Fsp3) is 0.412. The molecule has 1 heterocycles. The van der Waals surface area contributed by atoms with Crippen molar-refractivity contribution in [2.75, 3.05) is 6.54 Å². The van der Waals surface area contributed by atoms with Crippen molar-refractivity contribution in [3.05, 3.63) is 51.2 Å². The van der Waals surface area contributed by atoms with Gasteiger partial charge in [-0.3, -0.25) is 0 Å². The summed E-state index contributed by atoms with van der Waals surface area (Å²) in [5, 5.41) is 6.54. The highest BCUT2D eigenvalue weighted by molar-refractivity contribution is 7.09. The summed E-state index contributed by atoms with van der Waals surface area (Å²) < 4.78 is 13.7. The fourth-order valence-electron chi connectivity index (χ4n) is 2.12. The summed E-state index contributed by atoms with van der Waals surface area (Å²) in [7, 11) is 0.